The molecule has 27 heavy (non-hydrogen) atoms. The maximum atomic E-state index is 9.70. The second-order valence-corrected chi connectivity index (χ2v) is 5.67. The van der Waals surface area contributed by atoms with Crippen LogP contribution in [0.1, 0.15) is 17.0 Å². The van der Waals surface area contributed by atoms with Crippen LogP contribution in [0.25, 0.3) is 0 Å². The number of hydrogen-bond donors (Lipinski definition) is 3. The Hall–Kier alpha value is -3.65. The average Bonchev–Trinajstić information content (AvgIpc) is 2.71. The molecule has 8 heteroatoms. The lowest BCUT2D eigenvalue weighted by atomic mass is 10.1. The molecular formula is C19H16N6OS. The summed E-state index contributed by atoms with van der Waals surface area (Å²) in [6, 6.07) is 17.9. The molecule has 0 saturated heterocycles. The van der Waals surface area contributed by atoms with E-state index < -0.39 is 0 Å². The normalized spacial score (nSPS) is 10.4. The predicted octanol–water partition coefficient (Wildman–Crippen LogP) is 2.43. The molecule has 0 atom stereocenters. The molecule has 0 bridgehead atoms. The van der Waals surface area contributed by atoms with Gasteiger partial charge in [0.25, 0.3) is 0 Å². The monoisotopic (exact) mass is 376 g/mol. The van der Waals surface area contributed by atoms with Crippen LogP contribution in [-0.4, -0.2) is 32.1 Å². The third-order valence-electron chi connectivity index (χ3n) is 3.39. The summed E-state index contributed by atoms with van der Waals surface area (Å²) < 4.78 is 0. The lowest BCUT2D eigenvalue weighted by molar-refractivity contribution is 0.474. The molecule has 0 spiro atoms. The van der Waals surface area contributed by atoms with Gasteiger partial charge in [-0.3, -0.25) is 20.8 Å². The summed E-state index contributed by atoms with van der Waals surface area (Å²) in [6.45, 7) is 0. The third kappa shape index (κ3) is 5.16. The number of thiocarbonyl (C=S) groups is 1. The van der Waals surface area contributed by atoms with Gasteiger partial charge in [0, 0.05) is 18.0 Å². The molecule has 1 aromatic carbocycles. The first-order valence-electron chi connectivity index (χ1n) is 8.01. The Balaban J connectivity index is 1.71. The van der Waals surface area contributed by atoms with Crippen molar-refractivity contribution in [2.75, 3.05) is 0 Å². The van der Waals surface area contributed by atoms with Crippen LogP contribution < -0.4 is 10.9 Å². The number of benzene rings is 1. The summed E-state index contributed by atoms with van der Waals surface area (Å²) in [7, 11) is 0. The van der Waals surface area contributed by atoms with Gasteiger partial charge in [-0.2, -0.15) is 10.2 Å². The van der Waals surface area contributed by atoms with Crippen molar-refractivity contribution in [2.24, 2.45) is 10.2 Å². The van der Waals surface area contributed by atoms with E-state index in [-0.39, 0.29) is 10.9 Å². The Kier molecular flexibility index (Phi) is 6.16. The standard InChI is InChI=1S/C19H16N6OS/c26-17-10-2-1-7-14(17)13-22-24-19(27)25-23-18(15-8-3-5-11-20-15)16-9-4-6-12-21-16/h1-13,26H,(H2,24,25,27)/b22-13+. The van der Waals surface area contributed by atoms with Crippen molar-refractivity contribution < 1.29 is 5.11 Å². The second-order valence-electron chi connectivity index (χ2n) is 5.26. The number of para-hydroxylation sites is 1. The summed E-state index contributed by atoms with van der Waals surface area (Å²) in [5.41, 5.74) is 7.81. The number of phenols is 1. The molecule has 0 fully saturated rings. The Labute approximate surface area is 161 Å². The molecule has 3 aromatic rings. The SMILES string of the molecule is Oc1ccccc1/C=N/NC(=S)NN=C(c1ccccn1)c1ccccn1. The summed E-state index contributed by atoms with van der Waals surface area (Å²) in [5.74, 6) is 0.132. The van der Waals surface area contributed by atoms with Gasteiger partial charge in [-0.1, -0.05) is 24.3 Å². The minimum absolute atomic E-state index is 0.132. The van der Waals surface area contributed by atoms with Crippen LogP contribution in [0.5, 0.6) is 5.75 Å². The molecule has 3 N–H and O–H groups in total. The highest BCUT2D eigenvalue weighted by atomic mass is 32.1. The van der Waals surface area contributed by atoms with E-state index >= 15 is 0 Å². The van der Waals surface area contributed by atoms with Crippen molar-refractivity contribution in [2.45, 2.75) is 0 Å². The number of pyridine rings is 2. The quantitative estimate of drug-likeness (QED) is 0.360. The molecule has 0 aliphatic carbocycles. The van der Waals surface area contributed by atoms with Crippen LogP contribution in [0.4, 0.5) is 0 Å². The fraction of sp³-hybridized carbons (Fsp3) is 0. The zero-order chi connectivity index (χ0) is 18.9. The molecule has 0 saturated carbocycles. The van der Waals surface area contributed by atoms with Crippen molar-refractivity contribution in [3.63, 3.8) is 0 Å². The highest BCUT2D eigenvalue weighted by Crippen LogP contribution is 2.12. The predicted molar refractivity (Wildman–Crippen MR) is 109 cm³/mol. The van der Waals surface area contributed by atoms with Crippen molar-refractivity contribution in [1.29, 1.82) is 0 Å². The van der Waals surface area contributed by atoms with E-state index in [4.69, 9.17) is 12.2 Å². The highest BCUT2D eigenvalue weighted by molar-refractivity contribution is 7.80. The maximum absolute atomic E-state index is 9.70. The Bertz CT molecular complexity index is 919. The van der Waals surface area contributed by atoms with E-state index in [2.05, 4.69) is 31.0 Å². The van der Waals surface area contributed by atoms with Crippen molar-refractivity contribution in [3.05, 3.63) is 90.0 Å². The van der Waals surface area contributed by atoms with Gasteiger partial charge in [0.05, 0.1) is 17.6 Å². The van der Waals surface area contributed by atoms with Crippen molar-refractivity contribution in [1.82, 2.24) is 20.8 Å². The fourth-order valence-corrected chi connectivity index (χ4v) is 2.24. The van der Waals surface area contributed by atoms with Crippen LogP contribution in [0, 0.1) is 0 Å². The van der Waals surface area contributed by atoms with Gasteiger partial charge in [-0.05, 0) is 48.6 Å². The van der Waals surface area contributed by atoms with Gasteiger partial charge >= 0.3 is 0 Å². The molecular weight excluding hydrogens is 360 g/mol. The molecule has 0 unspecified atom stereocenters. The molecule has 7 nitrogen and oxygen atoms in total. The van der Waals surface area contributed by atoms with E-state index in [1.165, 1.54) is 6.21 Å². The van der Waals surface area contributed by atoms with Gasteiger partial charge < -0.3 is 5.11 Å². The lowest BCUT2D eigenvalue weighted by Gasteiger charge is -2.07. The zero-order valence-corrected chi connectivity index (χ0v) is 15.0. The van der Waals surface area contributed by atoms with Gasteiger partial charge in [0.15, 0.2) is 0 Å². The molecule has 2 aromatic heterocycles. The molecule has 0 aliphatic heterocycles. The average molecular weight is 376 g/mol. The maximum Gasteiger partial charge on any atom is 0.207 e. The number of aromatic nitrogens is 2. The van der Waals surface area contributed by atoms with E-state index in [0.717, 1.165) is 0 Å². The molecule has 3 rings (SSSR count). The van der Waals surface area contributed by atoms with Gasteiger partial charge in [-0.25, -0.2) is 0 Å². The molecule has 0 amide bonds. The fourth-order valence-electron chi connectivity index (χ4n) is 2.14. The number of aromatic hydroxyl groups is 1. The molecule has 0 radical (unpaired) electrons. The van der Waals surface area contributed by atoms with Gasteiger partial charge in [-0.15, -0.1) is 0 Å². The summed E-state index contributed by atoms with van der Waals surface area (Å²) in [5, 5.41) is 18.2. The summed E-state index contributed by atoms with van der Waals surface area (Å²) in [4.78, 5) is 8.63. The number of nitrogens with zero attached hydrogens (tertiary/aromatic N) is 4. The van der Waals surface area contributed by atoms with E-state index in [1.54, 1.807) is 36.7 Å². The van der Waals surface area contributed by atoms with Crippen LogP contribution >= 0.6 is 12.2 Å². The first kappa shape index (κ1) is 18.2. The van der Waals surface area contributed by atoms with Crippen molar-refractivity contribution in [3.8, 4) is 5.75 Å². The Morgan fingerprint density at radius 2 is 1.52 bits per heavy atom. The van der Waals surface area contributed by atoms with Gasteiger partial charge in [0.2, 0.25) is 5.11 Å². The van der Waals surface area contributed by atoms with Crippen LogP contribution in [0.15, 0.2) is 83.3 Å². The van der Waals surface area contributed by atoms with E-state index in [1.807, 2.05) is 36.4 Å². The van der Waals surface area contributed by atoms with E-state index in [0.29, 0.717) is 22.7 Å². The first-order valence-corrected chi connectivity index (χ1v) is 8.42. The van der Waals surface area contributed by atoms with Crippen molar-refractivity contribution >= 4 is 29.3 Å². The van der Waals surface area contributed by atoms with Crippen LogP contribution in [0.3, 0.4) is 0 Å². The Morgan fingerprint density at radius 3 is 2.11 bits per heavy atom. The van der Waals surface area contributed by atoms with Gasteiger partial charge in [0.1, 0.15) is 11.5 Å². The largest absolute Gasteiger partial charge is 0.507 e. The number of nitrogens with one attached hydrogen (secondary N) is 2. The van der Waals surface area contributed by atoms with Crippen LogP contribution in [0.2, 0.25) is 0 Å². The zero-order valence-electron chi connectivity index (χ0n) is 14.1. The number of rotatable bonds is 5. The third-order valence-corrected chi connectivity index (χ3v) is 3.57. The second kappa shape index (κ2) is 9.16. The summed E-state index contributed by atoms with van der Waals surface area (Å²) in [6.07, 6.45) is 4.83. The topological polar surface area (TPSA) is 94.8 Å². The number of phenolic OH excluding ortho intramolecular Hbond substituents is 1. The minimum Gasteiger partial charge on any atom is -0.507 e. The first-order chi connectivity index (χ1) is 13.2. The highest BCUT2D eigenvalue weighted by Gasteiger charge is 2.09. The minimum atomic E-state index is 0.132. The molecule has 2 heterocycles. The number of hydrazone groups is 2. The summed E-state index contributed by atoms with van der Waals surface area (Å²) >= 11 is 5.17. The number of hydrogen-bond acceptors (Lipinski definition) is 6. The molecule has 0 aliphatic rings. The molecule has 134 valence electrons. The Morgan fingerprint density at radius 1 is 0.889 bits per heavy atom. The lowest BCUT2D eigenvalue weighted by Crippen LogP contribution is -2.29. The smallest absolute Gasteiger partial charge is 0.207 e. The van der Waals surface area contributed by atoms with E-state index in [9.17, 15) is 5.11 Å². The van der Waals surface area contributed by atoms with Crippen LogP contribution in [-0.2, 0) is 0 Å².